The van der Waals surface area contributed by atoms with Crippen LogP contribution in [0.15, 0.2) is 0 Å². The third-order valence-corrected chi connectivity index (χ3v) is 9.85. The summed E-state index contributed by atoms with van der Waals surface area (Å²) in [6.45, 7) is 0. The highest BCUT2D eigenvalue weighted by Crippen LogP contribution is 2.75. The molecule has 7 heteroatoms. The average Bonchev–Trinajstić information content (AvgIpc) is 3.46. The van der Waals surface area contributed by atoms with E-state index in [0.29, 0.717) is 12.8 Å². The zero-order valence-corrected chi connectivity index (χ0v) is 15.2. The van der Waals surface area contributed by atoms with E-state index in [9.17, 15) is 24.0 Å². The normalized spacial score (nSPS) is 57.6. The van der Waals surface area contributed by atoms with E-state index in [0.717, 1.165) is 25.7 Å². The van der Waals surface area contributed by atoms with Gasteiger partial charge in [0.1, 0.15) is 5.78 Å². The molecule has 5 aliphatic carbocycles. The van der Waals surface area contributed by atoms with Crippen molar-refractivity contribution in [2.45, 2.75) is 38.5 Å². The number of esters is 4. The van der Waals surface area contributed by atoms with E-state index < -0.39 is 46.5 Å². The second-order valence-corrected chi connectivity index (χ2v) is 10.3. The minimum Gasteiger partial charge on any atom is -0.393 e. The van der Waals surface area contributed by atoms with Crippen LogP contribution in [0.2, 0.25) is 0 Å². The number of fused-ring (bicyclic) bond motifs is 12. The van der Waals surface area contributed by atoms with Gasteiger partial charge in [-0.3, -0.25) is 24.0 Å². The maximum atomic E-state index is 14.0. The third-order valence-electron chi connectivity index (χ3n) is 9.85. The Labute approximate surface area is 160 Å². The summed E-state index contributed by atoms with van der Waals surface area (Å²) in [5.41, 5.74) is -1.11. The molecule has 7 nitrogen and oxygen atoms in total. The molecule has 5 saturated carbocycles. The SMILES string of the molecule is O=C1OC(=O)[C@H]2[C@@H]1[C@H]1C[C@@H]2[C@@]2(CC[C@]3(C[C@@H]4C[C@H]3[C@H]3C(=O)OC(=O)[C@@H]43)C2=O)C1. The maximum Gasteiger partial charge on any atom is 0.317 e. The van der Waals surface area contributed by atoms with Crippen molar-refractivity contribution < 1.29 is 33.4 Å². The summed E-state index contributed by atoms with van der Waals surface area (Å²) < 4.78 is 9.82. The molecule has 146 valence electrons. The molecule has 10 atom stereocenters. The lowest BCUT2D eigenvalue weighted by Gasteiger charge is -2.41. The molecule has 0 N–H and O–H groups in total. The van der Waals surface area contributed by atoms with Crippen molar-refractivity contribution in [3.63, 3.8) is 0 Å². The first-order valence-electron chi connectivity index (χ1n) is 10.4. The molecular weight excluding hydrogens is 364 g/mol. The molecule has 0 aromatic rings. The van der Waals surface area contributed by atoms with E-state index in [1.165, 1.54) is 0 Å². The number of carbonyl (C=O) groups excluding carboxylic acids is 5. The van der Waals surface area contributed by atoms with Gasteiger partial charge in [0.05, 0.1) is 23.7 Å². The van der Waals surface area contributed by atoms with Crippen LogP contribution in [-0.4, -0.2) is 29.7 Å². The van der Waals surface area contributed by atoms with Gasteiger partial charge in [0.2, 0.25) is 0 Å². The Bertz CT molecular complexity index is 850. The minimum absolute atomic E-state index is 0.0532. The van der Waals surface area contributed by atoms with Crippen LogP contribution in [0.1, 0.15) is 38.5 Å². The lowest BCUT2D eigenvalue weighted by molar-refractivity contribution is -0.156. The second-order valence-electron chi connectivity index (χ2n) is 10.3. The fourth-order valence-corrected chi connectivity index (χ4v) is 9.16. The molecule has 4 bridgehead atoms. The number of cyclic esters (lactones) is 4. The van der Waals surface area contributed by atoms with Crippen molar-refractivity contribution in [3.05, 3.63) is 0 Å². The summed E-state index contributed by atoms with van der Waals surface area (Å²) in [5.74, 6) is -3.28. The molecule has 2 aliphatic heterocycles. The maximum absolute atomic E-state index is 14.0. The number of Topliss-reactive ketones (excluding diaryl/α,β-unsaturated/α-hetero) is 1. The van der Waals surface area contributed by atoms with Gasteiger partial charge in [-0.25, -0.2) is 0 Å². The molecule has 2 spiro atoms. The van der Waals surface area contributed by atoms with Crippen LogP contribution in [0.4, 0.5) is 0 Å². The molecule has 0 amide bonds. The van der Waals surface area contributed by atoms with E-state index in [1.807, 2.05) is 0 Å². The van der Waals surface area contributed by atoms with Gasteiger partial charge in [0.25, 0.3) is 0 Å². The third kappa shape index (κ3) is 1.40. The topological polar surface area (TPSA) is 104 Å². The zero-order valence-electron chi connectivity index (χ0n) is 15.2. The van der Waals surface area contributed by atoms with Crippen molar-refractivity contribution >= 4 is 29.7 Å². The Hall–Kier alpha value is -2.05. The molecule has 7 fully saturated rings. The highest BCUT2D eigenvalue weighted by Gasteiger charge is 2.78. The van der Waals surface area contributed by atoms with Gasteiger partial charge in [-0.2, -0.15) is 0 Å². The Morgan fingerprint density at radius 3 is 1.43 bits per heavy atom. The van der Waals surface area contributed by atoms with Gasteiger partial charge in [-0.05, 0) is 62.2 Å². The average molecular weight is 384 g/mol. The number of rotatable bonds is 0. The van der Waals surface area contributed by atoms with Crippen molar-refractivity contribution in [1.29, 1.82) is 0 Å². The van der Waals surface area contributed by atoms with Gasteiger partial charge in [-0.15, -0.1) is 0 Å². The fourth-order valence-electron chi connectivity index (χ4n) is 9.16. The number of hydrogen-bond donors (Lipinski definition) is 0. The standard InChI is InChI=1S/C21H20O7/c22-15-11-7-3-9(13(11)17(24)27-15)20(5-7)1-2-21(19(20)26)6-8-4-10(21)14-12(8)16(23)28-18(14)25/h7-14H,1-6H2/t7-,8-,9-,10-,11-,12-,13+,14+,20+,21+/m0/s1. The molecule has 2 saturated heterocycles. The van der Waals surface area contributed by atoms with Gasteiger partial charge in [-0.1, -0.05) is 0 Å². The van der Waals surface area contributed by atoms with Crippen molar-refractivity contribution in [3.8, 4) is 0 Å². The fraction of sp³-hybridized carbons (Fsp3) is 0.762. The van der Waals surface area contributed by atoms with Crippen LogP contribution in [0.5, 0.6) is 0 Å². The summed E-state index contributed by atoms with van der Waals surface area (Å²) in [5, 5.41) is 0. The van der Waals surface area contributed by atoms with Crippen molar-refractivity contribution in [1.82, 2.24) is 0 Å². The first-order valence-corrected chi connectivity index (χ1v) is 10.4. The summed E-state index contributed by atoms with van der Waals surface area (Å²) in [4.78, 5) is 62.8. The summed E-state index contributed by atoms with van der Waals surface area (Å²) >= 11 is 0. The molecule has 7 rings (SSSR count). The van der Waals surface area contributed by atoms with E-state index in [1.54, 1.807) is 0 Å². The Morgan fingerprint density at radius 1 is 0.607 bits per heavy atom. The van der Waals surface area contributed by atoms with E-state index in [-0.39, 0.29) is 41.3 Å². The summed E-state index contributed by atoms with van der Waals surface area (Å²) in [6.07, 6.45) is 4.27. The number of hydrogen-bond acceptors (Lipinski definition) is 7. The Kier molecular flexibility index (Phi) is 2.49. The quantitative estimate of drug-likeness (QED) is 0.454. The predicted molar refractivity (Wildman–Crippen MR) is 87.7 cm³/mol. The molecule has 28 heavy (non-hydrogen) atoms. The van der Waals surface area contributed by atoms with Crippen LogP contribution in [-0.2, 0) is 33.4 Å². The first kappa shape index (κ1) is 15.8. The molecular formula is C21H20O7. The largest absolute Gasteiger partial charge is 0.393 e. The van der Waals surface area contributed by atoms with E-state index in [2.05, 4.69) is 0 Å². The highest BCUT2D eigenvalue weighted by atomic mass is 16.6. The zero-order chi connectivity index (χ0) is 19.2. The van der Waals surface area contributed by atoms with E-state index in [4.69, 9.17) is 9.47 Å². The lowest BCUT2D eigenvalue weighted by atomic mass is 9.58. The van der Waals surface area contributed by atoms with Crippen molar-refractivity contribution in [2.75, 3.05) is 0 Å². The number of ketones is 1. The lowest BCUT2D eigenvalue weighted by Crippen LogP contribution is -2.48. The Morgan fingerprint density at radius 2 is 1.00 bits per heavy atom. The first-order chi connectivity index (χ1) is 13.4. The van der Waals surface area contributed by atoms with Crippen LogP contribution in [0.25, 0.3) is 0 Å². The molecule has 2 heterocycles. The van der Waals surface area contributed by atoms with Gasteiger partial charge in [0, 0.05) is 10.8 Å². The number of carbonyl (C=O) groups is 5. The predicted octanol–water partition coefficient (Wildman–Crippen LogP) is 1.03. The van der Waals surface area contributed by atoms with Crippen LogP contribution < -0.4 is 0 Å². The second kappa shape index (κ2) is 4.41. The molecule has 7 aliphatic rings. The molecule has 0 unspecified atom stereocenters. The van der Waals surface area contributed by atoms with E-state index >= 15 is 0 Å². The molecule has 0 aromatic heterocycles. The van der Waals surface area contributed by atoms with Crippen LogP contribution in [0, 0.1) is 58.2 Å². The highest BCUT2D eigenvalue weighted by molar-refractivity contribution is 6.02. The Balaban J connectivity index is 1.27. The minimum atomic E-state index is -0.554. The van der Waals surface area contributed by atoms with Crippen LogP contribution >= 0.6 is 0 Å². The molecule has 0 radical (unpaired) electrons. The van der Waals surface area contributed by atoms with Crippen LogP contribution in [0.3, 0.4) is 0 Å². The van der Waals surface area contributed by atoms with Gasteiger partial charge >= 0.3 is 23.9 Å². The summed E-state index contributed by atoms with van der Waals surface area (Å²) in [7, 11) is 0. The van der Waals surface area contributed by atoms with Gasteiger partial charge < -0.3 is 9.47 Å². The smallest absolute Gasteiger partial charge is 0.317 e. The monoisotopic (exact) mass is 384 g/mol. The molecule has 0 aromatic carbocycles. The number of ether oxygens (including phenoxy) is 2. The van der Waals surface area contributed by atoms with Gasteiger partial charge in [0.15, 0.2) is 0 Å². The van der Waals surface area contributed by atoms with Crippen molar-refractivity contribution in [2.24, 2.45) is 58.2 Å². The summed E-state index contributed by atoms with van der Waals surface area (Å²) in [6, 6.07) is 0.